The molecule has 0 saturated heterocycles. The monoisotopic (exact) mass is 489 g/mol. The molecule has 2 heterocycles. The molecule has 0 amide bonds. The molecule has 9 heteroatoms. The lowest BCUT2D eigenvalue weighted by Gasteiger charge is -2.47. The third-order valence-corrected chi connectivity index (χ3v) is 7.97. The predicted octanol–water partition coefficient (Wildman–Crippen LogP) is 6.71. The number of aromatic amines is 1. The summed E-state index contributed by atoms with van der Waals surface area (Å²) in [6.45, 7) is 2.28. The minimum Gasteiger partial charge on any atom is -0.367 e. The predicted molar refractivity (Wildman–Crippen MR) is 133 cm³/mol. The van der Waals surface area contributed by atoms with Crippen LogP contribution in [0.15, 0.2) is 48.7 Å². The fourth-order valence-corrected chi connectivity index (χ4v) is 6.08. The van der Waals surface area contributed by atoms with Crippen LogP contribution in [-0.4, -0.2) is 25.9 Å². The number of aromatic nitrogens is 3. The van der Waals surface area contributed by atoms with E-state index in [0.717, 1.165) is 6.07 Å². The average molecular weight is 490 g/mol. The zero-order chi connectivity index (χ0) is 25.0. The molecule has 3 aliphatic carbocycles. The Morgan fingerprint density at radius 1 is 1.06 bits per heavy atom. The highest BCUT2D eigenvalue weighted by Crippen LogP contribution is 2.46. The topological polar surface area (TPSA) is 96.7 Å². The number of non-ortho nitro benzene ring substituents is 1. The van der Waals surface area contributed by atoms with Crippen LogP contribution >= 0.6 is 0 Å². The summed E-state index contributed by atoms with van der Waals surface area (Å²) in [4.78, 5) is 23.2. The number of fused-ring (bicyclic) bond motifs is 4. The Bertz CT molecular complexity index is 1480. The zero-order valence-corrected chi connectivity index (χ0v) is 19.7. The molecule has 7 nitrogen and oxygen atoms in total. The molecule has 7 rings (SSSR count). The first-order valence-corrected chi connectivity index (χ1v) is 12.2. The van der Waals surface area contributed by atoms with Crippen molar-refractivity contribution in [1.29, 1.82) is 0 Å². The van der Waals surface area contributed by atoms with Crippen molar-refractivity contribution in [3.8, 4) is 22.6 Å². The van der Waals surface area contributed by atoms with Crippen LogP contribution in [0.5, 0.6) is 0 Å². The molecule has 2 N–H and O–H groups in total. The van der Waals surface area contributed by atoms with Crippen LogP contribution in [0.3, 0.4) is 0 Å². The molecule has 2 bridgehead atoms. The van der Waals surface area contributed by atoms with Gasteiger partial charge in [0.1, 0.15) is 17.5 Å². The lowest BCUT2D eigenvalue weighted by molar-refractivity contribution is -0.384. The van der Waals surface area contributed by atoms with Gasteiger partial charge in [-0.2, -0.15) is 0 Å². The van der Waals surface area contributed by atoms with Gasteiger partial charge in [-0.1, -0.05) is 19.1 Å². The molecular weight excluding hydrogens is 464 g/mol. The van der Waals surface area contributed by atoms with E-state index >= 15 is 0 Å². The van der Waals surface area contributed by atoms with Crippen molar-refractivity contribution >= 4 is 22.4 Å². The number of hydrogen-bond donors (Lipinski definition) is 2. The van der Waals surface area contributed by atoms with Crippen LogP contribution < -0.4 is 5.32 Å². The van der Waals surface area contributed by atoms with Crippen molar-refractivity contribution in [1.82, 2.24) is 15.0 Å². The van der Waals surface area contributed by atoms with Gasteiger partial charge in [-0.05, 0) is 49.5 Å². The Labute approximate surface area is 206 Å². The van der Waals surface area contributed by atoms with Crippen molar-refractivity contribution in [3.63, 3.8) is 0 Å². The molecule has 0 unspecified atom stereocenters. The second-order valence-corrected chi connectivity index (χ2v) is 9.99. The molecule has 3 fully saturated rings. The van der Waals surface area contributed by atoms with E-state index in [4.69, 9.17) is 4.98 Å². The first-order valence-electron chi connectivity index (χ1n) is 12.2. The largest absolute Gasteiger partial charge is 0.367 e. The number of nitrogens with zero attached hydrogens (tertiary/aromatic N) is 3. The summed E-state index contributed by atoms with van der Waals surface area (Å²) in [5.41, 5.74) is 1.63. The Balaban J connectivity index is 1.48. The van der Waals surface area contributed by atoms with Crippen molar-refractivity contribution in [2.24, 2.45) is 17.8 Å². The molecule has 0 spiro atoms. The lowest BCUT2D eigenvalue weighted by Crippen LogP contribution is -2.47. The van der Waals surface area contributed by atoms with Crippen LogP contribution in [0.4, 0.5) is 20.3 Å². The van der Waals surface area contributed by atoms with Crippen LogP contribution in [0.1, 0.15) is 32.6 Å². The fourth-order valence-electron chi connectivity index (χ4n) is 6.08. The van der Waals surface area contributed by atoms with Gasteiger partial charge in [0.2, 0.25) is 0 Å². The quantitative estimate of drug-likeness (QED) is 0.240. The summed E-state index contributed by atoms with van der Waals surface area (Å²) in [5.74, 6) is 1.22. The van der Waals surface area contributed by atoms with Gasteiger partial charge in [0, 0.05) is 53.0 Å². The maximum absolute atomic E-state index is 14.4. The van der Waals surface area contributed by atoms with Gasteiger partial charge in [-0.3, -0.25) is 10.1 Å². The van der Waals surface area contributed by atoms with E-state index in [1.54, 1.807) is 24.4 Å². The lowest BCUT2D eigenvalue weighted by atomic mass is 9.62. The molecule has 3 aliphatic rings. The second-order valence-electron chi connectivity index (χ2n) is 9.99. The van der Waals surface area contributed by atoms with E-state index in [1.165, 1.54) is 43.9 Å². The second kappa shape index (κ2) is 8.65. The minimum absolute atomic E-state index is 0.0448. The van der Waals surface area contributed by atoms with Gasteiger partial charge in [-0.15, -0.1) is 0 Å². The van der Waals surface area contributed by atoms with Crippen LogP contribution in [-0.2, 0) is 0 Å². The Morgan fingerprint density at radius 3 is 2.58 bits per heavy atom. The maximum Gasteiger partial charge on any atom is 0.270 e. The van der Waals surface area contributed by atoms with E-state index in [9.17, 15) is 18.9 Å². The van der Waals surface area contributed by atoms with Crippen molar-refractivity contribution in [2.45, 2.75) is 38.6 Å². The number of anilines is 1. The molecule has 36 heavy (non-hydrogen) atoms. The van der Waals surface area contributed by atoms with E-state index in [0.29, 0.717) is 45.8 Å². The molecule has 4 aromatic rings. The number of nitro groups is 1. The SMILES string of the molecule is C[C@@H]1C2CCC(CC2)[C@H]1Nc1cc(-c2cccc([N+](=O)[O-])c2)nc(-c2c[nH]c3c(F)cc(F)cc23)n1. The molecule has 2 atom stereocenters. The zero-order valence-electron chi connectivity index (χ0n) is 19.7. The van der Waals surface area contributed by atoms with Gasteiger partial charge in [-0.25, -0.2) is 18.7 Å². The number of nitro benzene ring substituents is 1. The van der Waals surface area contributed by atoms with Crippen LogP contribution in [0.2, 0.25) is 0 Å². The van der Waals surface area contributed by atoms with Gasteiger partial charge in [0.15, 0.2) is 5.82 Å². The van der Waals surface area contributed by atoms with Gasteiger partial charge >= 0.3 is 0 Å². The van der Waals surface area contributed by atoms with E-state index in [1.807, 2.05) is 0 Å². The molecule has 3 saturated carbocycles. The summed E-state index contributed by atoms with van der Waals surface area (Å²) < 4.78 is 28.5. The summed E-state index contributed by atoms with van der Waals surface area (Å²) in [6, 6.07) is 10.4. The Kier molecular flexibility index (Phi) is 5.43. The maximum atomic E-state index is 14.4. The fraction of sp³-hybridized carbons (Fsp3) is 0.333. The standard InChI is InChI=1S/C27H25F2N5O2/c1-14-15-5-7-16(8-6-15)25(14)32-24-12-23(17-3-2-4-19(9-17)34(35)36)31-27(33-24)21-13-30-26-20(21)10-18(28)11-22(26)29/h2-4,9-16,25,30H,5-8H2,1H3,(H,31,32,33)/t14-,15?,16?,25+/m1/s1. The van der Waals surface area contributed by atoms with E-state index < -0.39 is 16.6 Å². The number of benzene rings is 2. The molecule has 184 valence electrons. The van der Waals surface area contributed by atoms with Crippen molar-refractivity contribution in [2.75, 3.05) is 5.32 Å². The smallest absolute Gasteiger partial charge is 0.270 e. The van der Waals surface area contributed by atoms with Gasteiger partial charge < -0.3 is 10.3 Å². The number of rotatable bonds is 5. The molecule has 0 aliphatic heterocycles. The van der Waals surface area contributed by atoms with Crippen molar-refractivity contribution < 1.29 is 13.7 Å². The first kappa shape index (κ1) is 22.6. The highest BCUT2D eigenvalue weighted by Gasteiger charge is 2.41. The number of halogens is 2. The number of nitrogens with one attached hydrogen (secondary N) is 2. The number of H-pyrrole nitrogens is 1. The summed E-state index contributed by atoms with van der Waals surface area (Å²) in [6.07, 6.45) is 6.44. The Hall–Kier alpha value is -3.88. The normalized spacial score (nSPS) is 23.2. The Morgan fingerprint density at radius 2 is 1.83 bits per heavy atom. The highest BCUT2D eigenvalue weighted by atomic mass is 19.1. The number of hydrogen-bond acceptors (Lipinski definition) is 5. The van der Waals surface area contributed by atoms with E-state index in [-0.39, 0.29) is 23.1 Å². The van der Waals surface area contributed by atoms with Crippen molar-refractivity contribution in [3.05, 3.63) is 70.4 Å². The van der Waals surface area contributed by atoms with Gasteiger partial charge in [0.05, 0.1) is 16.1 Å². The molecule has 2 aromatic heterocycles. The van der Waals surface area contributed by atoms with E-state index in [2.05, 4.69) is 22.2 Å². The molecule has 2 aromatic carbocycles. The van der Waals surface area contributed by atoms with Gasteiger partial charge in [0.25, 0.3) is 5.69 Å². The molecular formula is C27H25F2N5O2. The third kappa shape index (κ3) is 3.88. The molecule has 0 radical (unpaired) electrons. The van der Waals surface area contributed by atoms with Crippen LogP contribution in [0, 0.1) is 39.5 Å². The third-order valence-electron chi connectivity index (χ3n) is 7.97. The summed E-state index contributed by atoms with van der Waals surface area (Å²) in [7, 11) is 0. The summed E-state index contributed by atoms with van der Waals surface area (Å²) >= 11 is 0. The van der Waals surface area contributed by atoms with Crippen LogP contribution in [0.25, 0.3) is 33.5 Å². The highest BCUT2D eigenvalue weighted by molar-refractivity contribution is 5.94. The first-order chi connectivity index (χ1) is 17.4. The summed E-state index contributed by atoms with van der Waals surface area (Å²) in [5, 5.41) is 15.3. The minimum atomic E-state index is -0.698. The average Bonchev–Trinajstić information content (AvgIpc) is 3.30.